The van der Waals surface area contributed by atoms with E-state index in [4.69, 9.17) is 18.6 Å². The largest absolute Gasteiger partial charge is 0.493 e. The number of amides is 1. The molecule has 1 aliphatic rings. The van der Waals surface area contributed by atoms with Crippen molar-refractivity contribution < 1.29 is 23.4 Å². The first-order valence-corrected chi connectivity index (χ1v) is 10.4. The summed E-state index contributed by atoms with van der Waals surface area (Å²) in [6, 6.07) is 18.8. The third kappa shape index (κ3) is 4.68. The molecule has 7 heteroatoms. The van der Waals surface area contributed by atoms with Gasteiger partial charge >= 0.3 is 0 Å². The van der Waals surface area contributed by atoms with Gasteiger partial charge in [-0.15, -0.1) is 0 Å². The molecule has 0 spiro atoms. The van der Waals surface area contributed by atoms with Crippen molar-refractivity contribution in [3.63, 3.8) is 0 Å². The first kappa shape index (κ1) is 20.5. The summed E-state index contributed by atoms with van der Waals surface area (Å²) in [4.78, 5) is 14.7. The molecule has 30 heavy (non-hydrogen) atoms. The number of benzene rings is 2. The molecule has 1 atom stereocenters. The SMILES string of the molecule is COc1ccccc1OCc1ccc(C(=O)N2CCOC(c3ccc(Br)cc3)C2)o1. The number of nitrogens with zero attached hydrogens (tertiary/aromatic N) is 1. The molecule has 1 aromatic heterocycles. The van der Waals surface area contributed by atoms with Crippen molar-refractivity contribution >= 4 is 21.8 Å². The van der Waals surface area contributed by atoms with Gasteiger partial charge in [0.05, 0.1) is 20.3 Å². The number of carbonyl (C=O) groups is 1. The molecule has 0 N–H and O–H groups in total. The summed E-state index contributed by atoms with van der Waals surface area (Å²) in [6.07, 6.45) is -0.154. The highest BCUT2D eigenvalue weighted by molar-refractivity contribution is 9.10. The van der Waals surface area contributed by atoms with E-state index in [1.165, 1.54) is 0 Å². The van der Waals surface area contributed by atoms with E-state index in [-0.39, 0.29) is 18.6 Å². The molecule has 2 heterocycles. The van der Waals surface area contributed by atoms with Crippen molar-refractivity contribution in [2.24, 2.45) is 0 Å². The highest BCUT2D eigenvalue weighted by Crippen LogP contribution is 2.28. The Morgan fingerprint density at radius 1 is 1.10 bits per heavy atom. The van der Waals surface area contributed by atoms with Crippen LogP contribution in [0.5, 0.6) is 11.5 Å². The van der Waals surface area contributed by atoms with Gasteiger partial charge in [0, 0.05) is 11.0 Å². The van der Waals surface area contributed by atoms with Crippen LogP contribution in [0, 0.1) is 0 Å². The minimum atomic E-state index is -0.154. The molecule has 1 fully saturated rings. The Balaban J connectivity index is 1.39. The number of hydrogen-bond acceptors (Lipinski definition) is 5. The van der Waals surface area contributed by atoms with Crippen LogP contribution in [0.1, 0.15) is 28.0 Å². The summed E-state index contributed by atoms with van der Waals surface area (Å²) in [5.41, 5.74) is 1.04. The normalized spacial score (nSPS) is 16.3. The van der Waals surface area contributed by atoms with Crippen LogP contribution in [0.4, 0.5) is 0 Å². The number of para-hydroxylation sites is 2. The minimum Gasteiger partial charge on any atom is -0.493 e. The quantitative estimate of drug-likeness (QED) is 0.514. The molecule has 156 valence electrons. The molecule has 0 bridgehead atoms. The van der Waals surface area contributed by atoms with Gasteiger partial charge in [0.15, 0.2) is 17.3 Å². The summed E-state index contributed by atoms with van der Waals surface area (Å²) in [5.74, 6) is 1.98. The zero-order chi connectivity index (χ0) is 20.9. The van der Waals surface area contributed by atoms with Crippen LogP contribution < -0.4 is 9.47 Å². The first-order valence-electron chi connectivity index (χ1n) is 9.65. The van der Waals surface area contributed by atoms with Crippen molar-refractivity contribution in [2.45, 2.75) is 12.7 Å². The molecular formula is C23H22BrNO5. The van der Waals surface area contributed by atoms with Crippen LogP contribution in [0.2, 0.25) is 0 Å². The van der Waals surface area contributed by atoms with E-state index >= 15 is 0 Å². The van der Waals surface area contributed by atoms with E-state index in [1.54, 1.807) is 24.1 Å². The van der Waals surface area contributed by atoms with Crippen LogP contribution in [-0.4, -0.2) is 37.6 Å². The van der Waals surface area contributed by atoms with E-state index in [2.05, 4.69) is 15.9 Å². The van der Waals surface area contributed by atoms with Crippen molar-refractivity contribution in [3.05, 3.63) is 82.2 Å². The summed E-state index contributed by atoms with van der Waals surface area (Å²) in [7, 11) is 1.59. The molecule has 0 saturated carbocycles. The zero-order valence-electron chi connectivity index (χ0n) is 16.5. The molecule has 2 aromatic carbocycles. The predicted octanol–water partition coefficient (Wildman–Crippen LogP) is 4.84. The van der Waals surface area contributed by atoms with Crippen LogP contribution in [0.15, 0.2) is 69.6 Å². The molecule has 6 nitrogen and oxygen atoms in total. The molecular weight excluding hydrogens is 450 g/mol. The number of carbonyl (C=O) groups excluding carboxylic acids is 1. The maximum absolute atomic E-state index is 12.9. The maximum Gasteiger partial charge on any atom is 0.289 e. The highest BCUT2D eigenvalue weighted by atomic mass is 79.9. The van der Waals surface area contributed by atoms with Crippen molar-refractivity contribution in [1.82, 2.24) is 4.90 Å². The lowest BCUT2D eigenvalue weighted by atomic mass is 10.1. The van der Waals surface area contributed by atoms with E-state index in [9.17, 15) is 4.79 Å². The smallest absolute Gasteiger partial charge is 0.289 e. The Hall–Kier alpha value is -2.77. The summed E-state index contributed by atoms with van der Waals surface area (Å²) in [6.45, 7) is 1.70. The molecule has 1 amide bonds. The van der Waals surface area contributed by atoms with Gasteiger partial charge in [0.1, 0.15) is 18.5 Å². The summed E-state index contributed by atoms with van der Waals surface area (Å²) in [5, 5.41) is 0. The maximum atomic E-state index is 12.9. The number of methoxy groups -OCH3 is 1. The average molecular weight is 472 g/mol. The Morgan fingerprint density at radius 2 is 1.87 bits per heavy atom. The highest BCUT2D eigenvalue weighted by Gasteiger charge is 2.27. The first-order chi connectivity index (χ1) is 14.6. The van der Waals surface area contributed by atoms with Gasteiger partial charge in [-0.05, 0) is 42.0 Å². The Morgan fingerprint density at radius 3 is 2.63 bits per heavy atom. The van der Waals surface area contributed by atoms with Gasteiger partial charge < -0.3 is 23.5 Å². The standard InChI is InChI=1S/C23H22BrNO5/c1-27-19-4-2-3-5-20(19)29-15-18-10-11-21(30-18)23(26)25-12-13-28-22(14-25)16-6-8-17(24)9-7-16/h2-11,22H,12-15H2,1H3. The second-order valence-corrected chi connectivity index (χ2v) is 7.78. The number of rotatable bonds is 6. The fourth-order valence-corrected chi connectivity index (χ4v) is 3.59. The number of morpholine rings is 1. The molecule has 1 aliphatic heterocycles. The van der Waals surface area contributed by atoms with Gasteiger partial charge in [-0.1, -0.05) is 40.2 Å². The average Bonchev–Trinajstić information content (AvgIpc) is 3.27. The second-order valence-electron chi connectivity index (χ2n) is 6.87. The van der Waals surface area contributed by atoms with Gasteiger partial charge in [-0.3, -0.25) is 4.79 Å². The fourth-order valence-electron chi connectivity index (χ4n) is 3.33. The van der Waals surface area contributed by atoms with Crippen LogP contribution >= 0.6 is 15.9 Å². The Labute approximate surface area is 183 Å². The lowest BCUT2D eigenvalue weighted by Crippen LogP contribution is -2.42. The van der Waals surface area contributed by atoms with Crippen LogP contribution in [-0.2, 0) is 11.3 Å². The number of halogens is 1. The Kier molecular flexibility index (Phi) is 6.40. The van der Waals surface area contributed by atoms with Crippen LogP contribution in [0.25, 0.3) is 0 Å². The number of furan rings is 1. The third-order valence-corrected chi connectivity index (χ3v) is 5.44. The number of ether oxygens (including phenoxy) is 3. The predicted molar refractivity (Wildman–Crippen MR) is 115 cm³/mol. The molecule has 1 saturated heterocycles. The van der Waals surface area contributed by atoms with Crippen molar-refractivity contribution in [2.75, 3.05) is 26.8 Å². The van der Waals surface area contributed by atoms with Crippen LogP contribution in [0.3, 0.4) is 0 Å². The van der Waals surface area contributed by atoms with E-state index in [0.717, 1.165) is 10.0 Å². The Bertz CT molecular complexity index is 1000. The number of hydrogen-bond donors (Lipinski definition) is 0. The molecule has 4 rings (SSSR count). The third-order valence-electron chi connectivity index (χ3n) is 4.91. The fraction of sp³-hybridized carbons (Fsp3) is 0.261. The van der Waals surface area contributed by atoms with E-state index < -0.39 is 0 Å². The molecule has 1 unspecified atom stereocenters. The topological polar surface area (TPSA) is 61.1 Å². The second kappa shape index (κ2) is 9.36. The zero-order valence-corrected chi connectivity index (χ0v) is 18.1. The summed E-state index contributed by atoms with van der Waals surface area (Å²) < 4.78 is 23.7. The summed E-state index contributed by atoms with van der Waals surface area (Å²) >= 11 is 3.44. The van der Waals surface area contributed by atoms with Crippen molar-refractivity contribution in [1.29, 1.82) is 0 Å². The van der Waals surface area contributed by atoms with Crippen molar-refractivity contribution in [3.8, 4) is 11.5 Å². The monoisotopic (exact) mass is 471 g/mol. The van der Waals surface area contributed by atoms with Gasteiger partial charge in [0.25, 0.3) is 5.91 Å². The van der Waals surface area contributed by atoms with Gasteiger partial charge in [-0.25, -0.2) is 0 Å². The van der Waals surface area contributed by atoms with Gasteiger partial charge in [0.2, 0.25) is 0 Å². The molecule has 0 aliphatic carbocycles. The molecule has 3 aromatic rings. The van der Waals surface area contributed by atoms with E-state index in [1.807, 2.05) is 48.5 Å². The lowest BCUT2D eigenvalue weighted by Gasteiger charge is -2.32. The molecule has 0 radical (unpaired) electrons. The van der Waals surface area contributed by atoms with Gasteiger partial charge in [-0.2, -0.15) is 0 Å². The minimum absolute atomic E-state index is 0.149. The lowest BCUT2D eigenvalue weighted by molar-refractivity contribution is -0.0238. The van der Waals surface area contributed by atoms with E-state index in [0.29, 0.717) is 42.7 Å².